The Morgan fingerprint density at radius 2 is 2.16 bits per heavy atom. The zero-order chi connectivity index (χ0) is 14.1. The number of nitrogens with one attached hydrogen (secondary N) is 1. The molecule has 0 aliphatic rings. The van der Waals surface area contributed by atoms with Crippen molar-refractivity contribution in [2.24, 2.45) is 0 Å². The van der Waals surface area contributed by atoms with E-state index in [0.29, 0.717) is 6.54 Å². The van der Waals surface area contributed by atoms with Gasteiger partial charge in [-0.15, -0.1) is 6.42 Å². The molecule has 1 heterocycles. The van der Waals surface area contributed by atoms with Crippen LogP contribution >= 0.6 is 0 Å². The van der Waals surface area contributed by atoms with Crippen LogP contribution in [-0.4, -0.2) is 24.5 Å². The van der Waals surface area contributed by atoms with Crippen LogP contribution in [0.15, 0.2) is 10.5 Å². The maximum Gasteiger partial charge on any atom is 0.118 e. The highest BCUT2D eigenvalue weighted by atomic mass is 16.3. The zero-order valence-corrected chi connectivity index (χ0v) is 12.5. The predicted molar refractivity (Wildman–Crippen MR) is 79.8 cm³/mol. The molecular formula is C16H26N2O. The molecule has 0 atom stereocenters. The Kier molecular flexibility index (Phi) is 7.32. The molecule has 1 aromatic rings. The van der Waals surface area contributed by atoms with Gasteiger partial charge in [0.15, 0.2) is 0 Å². The highest BCUT2D eigenvalue weighted by Gasteiger charge is 2.10. The third-order valence-corrected chi connectivity index (χ3v) is 3.05. The highest BCUT2D eigenvalue weighted by molar-refractivity contribution is 5.20. The molecule has 0 spiro atoms. The molecule has 0 aliphatic carbocycles. The lowest BCUT2D eigenvalue weighted by Crippen LogP contribution is -2.24. The summed E-state index contributed by atoms with van der Waals surface area (Å²) in [6.07, 6.45) is 7.65. The summed E-state index contributed by atoms with van der Waals surface area (Å²) in [5, 5.41) is 3.40. The Morgan fingerprint density at radius 1 is 1.37 bits per heavy atom. The molecule has 0 bridgehead atoms. The molecule has 0 radical (unpaired) electrons. The Labute approximate surface area is 117 Å². The van der Waals surface area contributed by atoms with Crippen molar-refractivity contribution < 1.29 is 4.42 Å². The van der Waals surface area contributed by atoms with Crippen LogP contribution in [0.2, 0.25) is 0 Å². The number of hydrogen-bond donors (Lipinski definition) is 1. The van der Waals surface area contributed by atoms with Crippen LogP contribution in [0.5, 0.6) is 0 Å². The zero-order valence-electron chi connectivity index (χ0n) is 12.5. The molecule has 0 aromatic carbocycles. The van der Waals surface area contributed by atoms with Gasteiger partial charge in [0, 0.05) is 12.1 Å². The average molecular weight is 262 g/mol. The van der Waals surface area contributed by atoms with Gasteiger partial charge in [-0.2, -0.15) is 0 Å². The van der Waals surface area contributed by atoms with Crippen molar-refractivity contribution in [1.29, 1.82) is 0 Å². The number of hydrogen-bond acceptors (Lipinski definition) is 3. The van der Waals surface area contributed by atoms with E-state index in [2.05, 4.69) is 36.1 Å². The normalized spacial score (nSPS) is 10.9. The minimum Gasteiger partial charge on any atom is -0.465 e. The first kappa shape index (κ1) is 15.8. The Hall–Kier alpha value is -1.24. The molecule has 19 heavy (non-hydrogen) atoms. The van der Waals surface area contributed by atoms with Crippen LogP contribution in [-0.2, 0) is 13.1 Å². The first-order chi connectivity index (χ1) is 9.21. The van der Waals surface area contributed by atoms with Gasteiger partial charge in [-0.25, -0.2) is 0 Å². The third kappa shape index (κ3) is 5.50. The van der Waals surface area contributed by atoms with Crippen molar-refractivity contribution in [1.82, 2.24) is 10.2 Å². The highest BCUT2D eigenvalue weighted by Crippen LogP contribution is 2.16. The lowest BCUT2D eigenvalue weighted by molar-refractivity contribution is 0.270. The monoisotopic (exact) mass is 262 g/mol. The minimum atomic E-state index is 0.678. The smallest absolute Gasteiger partial charge is 0.118 e. The number of terminal acetylenes is 1. The quantitative estimate of drug-likeness (QED) is 0.548. The van der Waals surface area contributed by atoms with Crippen molar-refractivity contribution in [3.8, 4) is 12.3 Å². The second kappa shape index (κ2) is 8.79. The lowest BCUT2D eigenvalue weighted by Gasteiger charge is -2.16. The molecule has 1 N–H and O–H groups in total. The van der Waals surface area contributed by atoms with E-state index in [1.165, 1.54) is 5.56 Å². The van der Waals surface area contributed by atoms with Crippen LogP contribution in [0.4, 0.5) is 0 Å². The number of furan rings is 1. The fourth-order valence-corrected chi connectivity index (χ4v) is 2.12. The van der Waals surface area contributed by atoms with E-state index in [-0.39, 0.29) is 0 Å². The summed E-state index contributed by atoms with van der Waals surface area (Å²) < 4.78 is 5.82. The number of nitrogens with zero attached hydrogens (tertiary/aromatic N) is 1. The van der Waals surface area contributed by atoms with Gasteiger partial charge in [0.1, 0.15) is 11.5 Å². The van der Waals surface area contributed by atoms with E-state index in [9.17, 15) is 0 Å². The fourth-order valence-electron chi connectivity index (χ4n) is 2.12. The second-order valence-electron chi connectivity index (χ2n) is 4.89. The molecule has 106 valence electrons. The topological polar surface area (TPSA) is 28.4 Å². The van der Waals surface area contributed by atoms with E-state index in [1.54, 1.807) is 0 Å². The van der Waals surface area contributed by atoms with Crippen LogP contribution in [0.25, 0.3) is 0 Å². The minimum absolute atomic E-state index is 0.678. The van der Waals surface area contributed by atoms with Crippen LogP contribution in [0, 0.1) is 19.3 Å². The molecule has 1 aromatic heterocycles. The van der Waals surface area contributed by atoms with Gasteiger partial charge in [0.2, 0.25) is 0 Å². The summed E-state index contributed by atoms with van der Waals surface area (Å²) in [7, 11) is 0. The first-order valence-electron chi connectivity index (χ1n) is 7.15. The van der Waals surface area contributed by atoms with Gasteiger partial charge in [-0.3, -0.25) is 4.90 Å². The lowest BCUT2D eigenvalue weighted by atomic mass is 10.2. The van der Waals surface area contributed by atoms with Crippen LogP contribution in [0.1, 0.15) is 43.8 Å². The van der Waals surface area contributed by atoms with Gasteiger partial charge in [0.05, 0.1) is 13.1 Å². The summed E-state index contributed by atoms with van der Waals surface area (Å²) in [6.45, 7) is 10.8. The Bertz CT molecular complexity index is 403. The van der Waals surface area contributed by atoms with Gasteiger partial charge in [0.25, 0.3) is 0 Å². The molecular weight excluding hydrogens is 236 g/mol. The third-order valence-electron chi connectivity index (χ3n) is 3.05. The van der Waals surface area contributed by atoms with Gasteiger partial charge < -0.3 is 9.73 Å². The van der Waals surface area contributed by atoms with Gasteiger partial charge in [-0.1, -0.05) is 19.8 Å². The second-order valence-corrected chi connectivity index (χ2v) is 4.89. The molecule has 3 nitrogen and oxygen atoms in total. The predicted octanol–water partition coefficient (Wildman–Crippen LogP) is 2.93. The summed E-state index contributed by atoms with van der Waals surface area (Å²) >= 11 is 0. The average Bonchev–Trinajstić information content (AvgIpc) is 2.71. The fraction of sp³-hybridized carbons (Fsp3) is 0.625. The van der Waals surface area contributed by atoms with Gasteiger partial charge >= 0.3 is 0 Å². The maximum atomic E-state index is 5.82. The van der Waals surface area contributed by atoms with Crippen molar-refractivity contribution in [2.75, 3.05) is 19.6 Å². The van der Waals surface area contributed by atoms with Crippen molar-refractivity contribution >= 4 is 0 Å². The van der Waals surface area contributed by atoms with E-state index in [1.807, 2.05) is 6.92 Å². The largest absolute Gasteiger partial charge is 0.465 e. The van der Waals surface area contributed by atoms with Crippen molar-refractivity contribution in [3.63, 3.8) is 0 Å². The summed E-state index contributed by atoms with van der Waals surface area (Å²) in [5.41, 5.74) is 1.25. The molecule has 3 heteroatoms. The SMILES string of the molecule is C#CCN(CCC)Cc1cc(CNCCC)c(C)o1. The molecule has 0 unspecified atom stereocenters. The molecule has 1 rings (SSSR count). The summed E-state index contributed by atoms with van der Waals surface area (Å²) in [4.78, 5) is 2.24. The molecule has 0 saturated heterocycles. The van der Waals surface area contributed by atoms with Gasteiger partial charge in [-0.05, 0) is 38.9 Å². The summed E-state index contributed by atoms with van der Waals surface area (Å²) in [6, 6.07) is 2.15. The van der Waals surface area contributed by atoms with Crippen LogP contribution in [0.3, 0.4) is 0 Å². The summed E-state index contributed by atoms with van der Waals surface area (Å²) in [5.74, 6) is 4.73. The van der Waals surface area contributed by atoms with E-state index in [4.69, 9.17) is 10.8 Å². The molecule has 0 aliphatic heterocycles. The van der Waals surface area contributed by atoms with Crippen LogP contribution < -0.4 is 5.32 Å². The van der Waals surface area contributed by atoms with E-state index < -0.39 is 0 Å². The number of rotatable bonds is 9. The van der Waals surface area contributed by atoms with Crippen molar-refractivity contribution in [2.45, 2.75) is 46.7 Å². The van der Waals surface area contributed by atoms with Crippen molar-refractivity contribution in [3.05, 3.63) is 23.2 Å². The van der Waals surface area contributed by atoms with E-state index >= 15 is 0 Å². The first-order valence-corrected chi connectivity index (χ1v) is 7.15. The van der Waals surface area contributed by atoms with E-state index in [0.717, 1.165) is 50.5 Å². The molecule has 0 saturated carbocycles. The Morgan fingerprint density at radius 3 is 2.79 bits per heavy atom. The Balaban J connectivity index is 2.58. The maximum absolute atomic E-state index is 5.82. The molecule has 0 amide bonds. The molecule has 0 fully saturated rings. The number of aryl methyl sites for hydroxylation is 1. The standard InChI is InChI=1S/C16H26N2O/c1-5-8-17-12-15-11-16(19-14(15)4)13-18(9-6-2)10-7-3/h2,11,17H,5,7-10,12-13H2,1,3-4H3.